The van der Waals surface area contributed by atoms with Crippen molar-refractivity contribution in [2.45, 2.75) is 37.9 Å². The van der Waals surface area contributed by atoms with Crippen LogP contribution in [0.15, 0.2) is 35.3 Å². The highest BCUT2D eigenvalue weighted by Gasteiger charge is 2.60. The monoisotopic (exact) mass is 391 g/mol. The van der Waals surface area contributed by atoms with E-state index in [4.69, 9.17) is 10.5 Å². The van der Waals surface area contributed by atoms with Gasteiger partial charge in [0, 0.05) is 11.1 Å². The van der Waals surface area contributed by atoms with Gasteiger partial charge in [0.15, 0.2) is 17.4 Å². The lowest BCUT2D eigenvalue weighted by Crippen LogP contribution is -2.56. The Labute approximate surface area is 158 Å². The number of nitrogen functional groups attached to an aromatic ring is 1. The van der Waals surface area contributed by atoms with Crippen LogP contribution in [0.1, 0.15) is 34.6 Å². The Hall–Kier alpha value is -2.95. The van der Waals surface area contributed by atoms with Gasteiger partial charge in [-0.3, -0.25) is 14.2 Å². The average Bonchev–Trinajstić information content (AvgIpc) is 2.89. The number of aromatic nitrogens is 2. The Morgan fingerprint density at radius 2 is 1.82 bits per heavy atom. The van der Waals surface area contributed by atoms with E-state index in [-0.39, 0.29) is 11.3 Å². The van der Waals surface area contributed by atoms with Gasteiger partial charge in [0.1, 0.15) is 12.2 Å². The number of ketones is 2. The minimum atomic E-state index is -2.46. The van der Waals surface area contributed by atoms with E-state index in [1.807, 2.05) is 0 Å². The van der Waals surface area contributed by atoms with Crippen molar-refractivity contribution in [1.82, 2.24) is 9.55 Å². The number of ether oxygens (including phenoxy) is 1. The van der Waals surface area contributed by atoms with Crippen LogP contribution in [0, 0.1) is 5.82 Å². The molecule has 148 valence electrons. The zero-order valence-corrected chi connectivity index (χ0v) is 15.0. The van der Waals surface area contributed by atoms with Crippen LogP contribution in [0.25, 0.3) is 0 Å². The maximum absolute atomic E-state index is 14.0. The lowest BCUT2D eigenvalue weighted by molar-refractivity contribution is -0.108. The molecule has 9 nitrogen and oxygen atoms in total. The van der Waals surface area contributed by atoms with Crippen molar-refractivity contribution in [1.29, 1.82) is 0 Å². The lowest BCUT2D eigenvalue weighted by atomic mass is 9.92. The molecular formula is C18H18FN3O6. The van der Waals surface area contributed by atoms with Crippen LogP contribution in [-0.2, 0) is 10.5 Å². The molecule has 28 heavy (non-hydrogen) atoms. The second-order valence-electron chi connectivity index (χ2n) is 6.54. The van der Waals surface area contributed by atoms with Crippen LogP contribution >= 0.6 is 0 Å². The van der Waals surface area contributed by atoms with Gasteiger partial charge in [0.05, 0.1) is 12.3 Å². The SMILES string of the molecule is CC(=O)c1ccc(C(=O)[C@@]2(n3cc(F)c(N)nc3=O)O[C@H](C)[C@@H](O)[C@H]2O)cc1. The van der Waals surface area contributed by atoms with Crippen LogP contribution in [-0.4, -0.2) is 49.6 Å². The number of nitrogens with two attached hydrogens (primary N) is 1. The van der Waals surface area contributed by atoms with Crippen LogP contribution < -0.4 is 11.4 Å². The molecule has 1 aliphatic rings. The Kier molecular flexibility index (Phi) is 4.88. The first kappa shape index (κ1) is 19.8. The number of benzene rings is 1. The number of halogens is 1. The molecule has 0 radical (unpaired) electrons. The summed E-state index contributed by atoms with van der Waals surface area (Å²) in [5, 5.41) is 20.8. The van der Waals surface area contributed by atoms with Gasteiger partial charge in [-0.05, 0) is 13.8 Å². The molecule has 1 saturated heterocycles. The molecule has 3 rings (SSSR count). The number of aliphatic hydroxyl groups is 2. The fourth-order valence-corrected chi connectivity index (χ4v) is 3.15. The molecule has 1 aliphatic heterocycles. The number of nitrogens with zero attached hydrogens (tertiary/aromatic N) is 2. The topological polar surface area (TPSA) is 145 Å². The van der Waals surface area contributed by atoms with E-state index in [1.54, 1.807) is 0 Å². The van der Waals surface area contributed by atoms with Crippen molar-refractivity contribution in [2.24, 2.45) is 0 Å². The van der Waals surface area contributed by atoms with Crippen LogP contribution in [0.5, 0.6) is 0 Å². The molecule has 4 atom stereocenters. The molecule has 0 unspecified atom stereocenters. The maximum atomic E-state index is 14.0. The van der Waals surface area contributed by atoms with Crippen LogP contribution in [0.3, 0.4) is 0 Å². The largest absolute Gasteiger partial charge is 0.387 e. The van der Waals surface area contributed by atoms with Gasteiger partial charge in [-0.2, -0.15) is 4.98 Å². The number of carbonyl (C=O) groups is 2. The van der Waals surface area contributed by atoms with E-state index in [2.05, 4.69) is 4.98 Å². The standard InChI is InChI=1S/C18H18FN3O6/c1-8(23)10-3-5-11(6-4-10)14(25)18(15(26)13(24)9(2)28-18)22-7-12(19)16(20)21-17(22)27/h3-7,9,13,15,24,26H,1-2H3,(H2,20,21,27)/t9-,13-,15-,18-/m1/s1. The summed E-state index contributed by atoms with van der Waals surface area (Å²) >= 11 is 0. The number of hydrogen-bond donors (Lipinski definition) is 3. The van der Waals surface area contributed by atoms with Gasteiger partial charge in [0.2, 0.25) is 11.5 Å². The number of aliphatic hydroxyl groups excluding tert-OH is 2. The first-order valence-electron chi connectivity index (χ1n) is 8.34. The molecule has 2 aromatic rings. The summed E-state index contributed by atoms with van der Waals surface area (Å²) in [4.78, 5) is 40.4. The van der Waals surface area contributed by atoms with E-state index in [0.29, 0.717) is 16.3 Å². The molecule has 0 aliphatic carbocycles. The van der Waals surface area contributed by atoms with Gasteiger partial charge >= 0.3 is 5.69 Å². The highest BCUT2D eigenvalue weighted by Crippen LogP contribution is 2.38. The first-order valence-corrected chi connectivity index (χ1v) is 8.34. The molecule has 1 fully saturated rings. The molecule has 0 spiro atoms. The predicted molar refractivity (Wildman–Crippen MR) is 94.2 cm³/mol. The van der Waals surface area contributed by atoms with E-state index in [0.717, 1.165) is 0 Å². The van der Waals surface area contributed by atoms with Crippen molar-refractivity contribution in [3.63, 3.8) is 0 Å². The van der Waals surface area contributed by atoms with Crippen LogP contribution in [0.4, 0.5) is 10.2 Å². The number of carbonyl (C=O) groups excluding carboxylic acids is 2. The Balaban J connectivity index is 2.21. The van der Waals surface area contributed by atoms with E-state index in [9.17, 15) is 29.0 Å². The molecule has 0 saturated carbocycles. The minimum absolute atomic E-state index is 0.0329. The highest BCUT2D eigenvalue weighted by atomic mass is 19.1. The Bertz CT molecular complexity index is 1010. The smallest absolute Gasteiger partial charge is 0.352 e. The third kappa shape index (κ3) is 2.91. The quantitative estimate of drug-likeness (QED) is 0.610. The highest BCUT2D eigenvalue weighted by molar-refractivity contribution is 6.03. The van der Waals surface area contributed by atoms with Crippen molar-refractivity contribution in [3.05, 3.63) is 57.9 Å². The summed E-state index contributed by atoms with van der Waals surface area (Å²) in [7, 11) is 0. The number of hydrogen-bond acceptors (Lipinski definition) is 8. The van der Waals surface area contributed by atoms with E-state index >= 15 is 0 Å². The molecule has 4 N–H and O–H groups in total. The van der Waals surface area contributed by atoms with Gasteiger partial charge in [-0.25, -0.2) is 9.18 Å². The fraction of sp³-hybridized carbons (Fsp3) is 0.333. The summed E-state index contributed by atoms with van der Waals surface area (Å²) in [6.07, 6.45) is -3.89. The Morgan fingerprint density at radius 1 is 1.25 bits per heavy atom. The lowest BCUT2D eigenvalue weighted by Gasteiger charge is -2.32. The zero-order valence-electron chi connectivity index (χ0n) is 15.0. The maximum Gasteiger partial charge on any atom is 0.352 e. The molecule has 0 amide bonds. The predicted octanol–water partition coefficient (Wildman–Crippen LogP) is -0.157. The second kappa shape index (κ2) is 6.89. The summed E-state index contributed by atoms with van der Waals surface area (Å²) < 4.78 is 20.0. The zero-order chi connectivity index (χ0) is 20.8. The summed E-state index contributed by atoms with van der Waals surface area (Å²) in [5.74, 6) is -2.94. The van der Waals surface area contributed by atoms with Crippen molar-refractivity contribution < 1.29 is 28.9 Å². The average molecular weight is 391 g/mol. The first-order chi connectivity index (χ1) is 13.1. The van der Waals surface area contributed by atoms with E-state index < -0.39 is 47.1 Å². The molecule has 2 heterocycles. The van der Waals surface area contributed by atoms with Crippen LogP contribution in [0.2, 0.25) is 0 Å². The number of rotatable bonds is 4. The van der Waals surface area contributed by atoms with Crippen molar-refractivity contribution >= 4 is 17.4 Å². The normalized spacial score (nSPS) is 27.0. The van der Waals surface area contributed by atoms with Gasteiger partial charge in [-0.15, -0.1) is 0 Å². The third-order valence-corrected chi connectivity index (χ3v) is 4.72. The summed E-state index contributed by atoms with van der Waals surface area (Å²) in [5.41, 5.74) is 1.98. The van der Waals surface area contributed by atoms with Gasteiger partial charge < -0.3 is 20.7 Å². The second-order valence-corrected chi connectivity index (χ2v) is 6.54. The van der Waals surface area contributed by atoms with E-state index in [1.165, 1.54) is 38.1 Å². The molecule has 1 aromatic heterocycles. The molecule has 1 aromatic carbocycles. The Morgan fingerprint density at radius 3 is 2.32 bits per heavy atom. The number of anilines is 1. The number of Topliss-reactive ketones (excluding diaryl/α,β-unsaturated/α-hetero) is 2. The molecular weight excluding hydrogens is 373 g/mol. The third-order valence-electron chi connectivity index (χ3n) is 4.72. The van der Waals surface area contributed by atoms with Gasteiger partial charge in [0.25, 0.3) is 0 Å². The molecule has 0 bridgehead atoms. The minimum Gasteiger partial charge on any atom is -0.387 e. The summed E-state index contributed by atoms with van der Waals surface area (Å²) in [6, 6.07) is 5.38. The fourth-order valence-electron chi connectivity index (χ4n) is 3.15. The summed E-state index contributed by atoms with van der Waals surface area (Å²) in [6.45, 7) is 2.73. The van der Waals surface area contributed by atoms with Gasteiger partial charge in [-0.1, -0.05) is 24.3 Å². The molecule has 10 heteroatoms. The van der Waals surface area contributed by atoms with Crippen molar-refractivity contribution in [2.75, 3.05) is 5.73 Å². The van der Waals surface area contributed by atoms with Crippen molar-refractivity contribution in [3.8, 4) is 0 Å².